The first-order valence-electron chi connectivity index (χ1n) is 6.90. The lowest BCUT2D eigenvalue weighted by molar-refractivity contribution is 0.455. The van der Waals surface area contributed by atoms with E-state index >= 15 is 0 Å². The third-order valence-electron chi connectivity index (χ3n) is 2.85. The first-order valence-corrected chi connectivity index (χ1v) is 6.90. The van der Waals surface area contributed by atoms with Crippen LogP contribution < -0.4 is 10.1 Å². The van der Waals surface area contributed by atoms with Gasteiger partial charge in [0, 0.05) is 25.0 Å². The number of hydrogen-bond acceptors (Lipinski definition) is 4. The summed E-state index contributed by atoms with van der Waals surface area (Å²) in [4.78, 5) is 8.44. The molecule has 0 saturated carbocycles. The van der Waals surface area contributed by atoms with E-state index in [4.69, 9.17) is 4.74 Å². The highest BCUT2D eigenvalue weighted by atomic mass is 16.5. The number of rotatable bonds is 6. The van der Waals surface area contributed by atoms with Gasteiger partial charge in [-0.1, -0.05) is 13.8 Å². The molecule has 4 heteroatoms. The van der Waals surface area contributed by atoms with Gasteiger partial charge in [0.05, 0.1) is 5.69 Å². The van der Waals surface area contributed by atoms with E-state index in [2.05, 4.69) is 29.1 Å². The van der Waals surface area contributed by atoms with Crippen LogP contribution in [0.3, 0.4) is 0 Å². The molecular formula is C16H21N3O. The van der Waals surface area contributed by atoms with E-state index in [-0.39, 0.29) is 0 Å². The Morgan fingerprint density at radius 1 is 1.20 bits per heavy atom. The standard InChI is InChI=1S/C16H21N3O/c1-12(2)10-17-11-14-6-8-19-16(9-14)20-15-5-4-7-18-13(15)3/h4-9,12,17H,10-11H2,1-3H3. The minimum Gasteiger partial charge on any atom is -0.437 e. The zero-order chi connectivity index (χ0) is 14.4. The van der Waals surface area contributed by atoms with Gasteiger partial charge in [0.15, 0.2) is 5.75 Å². The maximum Gasteiger partial charge on any atom is 0.219 e. The van der Waals surface area contributed by atoms with Gasteiger partial charge in [-0.2, -0.15) is 0 Å². The fourth-order valence-electron chi connectivity index (χ4n) is 1.81. The molecule has 0 aliphatic heterocycles. The lowest BCUT2D eigenvalue weighted by Gasteiger charge is -2.10. The Bertz CT molecular complexity index is 555. The molecule has 2 rings (SSSR count). The Morgan fingerprint density at radius 3 is 2.80 bits per heavy atom. The van der Waals surface area contributed by atoms with Crippen molar-refractivity contribution < 1.29 is 4.74 Å². The summed E-state index contributed by atoms with van der Waals surface area (Å²) in [6.45, 7) is 8.13. The molecule has 0 amide bonds. The third-order valence-corrected chi connectivity index (χ3v) is 2.85. The fraction of sp³-hybridized carbons (Fsp3) is 0.375. The van der Waals surface area contributed by atoms with Crippen LogP contribution >= 0.6 is 0 Å². The summed E-state index contributed by atoms with van der Waals surface area (Å²) < 4.78 is 5.78. The van der Waals surface area contributed by atoms with E-state index < -0.39 is 0 Å². The van der Waals surface area contributed by atoms with Gasteiger partial charge in [-0.15, -0.1) is 0 Å². The van der Waals surface area contributed by atoms with Crippen LogP contribution in [-0.4, -0.2) is 16.5 Å². The smallest absolute Gasteiger partial charge is 0.219 e. The summed E-state index contributed by atoms with van der Waals surface area (Å²) in [6, 6.07) is 7.71. The van der Waals surface area contributed by atoms with Crippen LogP contribution in [0.4, 0.5) is 0 Å². The number of pyridine rings is 2. The van der Waals surface area contributed by atoms with Crippen molar-refractivity contribution in [3.8, 4) is 11.6 Å². The molecule has 0 aliphatic rings. The molecule has 0 bridgehead atoms. The van der Waals surface area contributed by atoms with Gasteiger partial charge in [0.2, 0.25) is 5.88 Å². The molecule has 0 atom stereocenters. The average Bonchev–Trinajstić information content (AvgIpc) is 2.41. The Hall–Kier alpha value is -1.94. The Kier molecular flexibility index (Phi) is 5.07. The molecule has 0 fully saturated rings. The van der Waals surface area contributed by atoms with Crippen LogP contribution in [0.5, 0.6) is 11.6 Å². The SMILES string of the molecule is Cc1ncccc1Oc1cc(CNCC(C)C)ccn1. The summed E-state index contributed by atoms with van der Waals surface area (Å²) in [5.74, 6) is 1.99. The predicted molar refractivity (Wildman–Crippen MR) is 79.8 cm³/mol. The second kappa shape index (κ2) is 7.01. The molecule has 2 aromatic heterocycles. The molecule has 0 aromatic carbocycles. The van der Waals surface area contributed by atoms with Crippen LogP contribution in [0.25, 0.3) is 0 Å². The van der Waals surface area contributed by atoms with Crippen molar-refractivity contribution in [2.24, 2.45) is 5.92 Å². The van der Waals surface area contributed by atoms with Gasteiger partial charge < -0.3 is 10.1 Å². The molecule has 0 unspecified atom stereocenters. The van der Waals surface area contributed by atoms with Gasteiger partial charge in [-0.25, -0.2) is 4.98 Å². The van der Waals surface area contributed by atoms with Gasteiger partial charge in [0.1, 0.15) is 0 Å². The van der Waals surface area contributed by atoms with Crippen LogP contribution in [0.2, 0.25) is 0 Å². The van der Waals surface area contributed by atoms with Crippen molar-refractivity contribution >= 4 is 0 Å². The van der Waals surface area contributed by atoms with Crippen molar-refractivity contribution in [2.75, 3.05) is 6.54 Å². The van der Waals surface area contributed by atoms with Crippen molar-refractivity contribution in [1.82, 2.24) is 15.3 Å². The van der Waals surface area contributed by atoms with Gasteiger partial charge in [-0.3, -0.25) is 4.98 Å². The maximum atomic E-state index is 5.78. The number of aromatic nitrogens is 2. The summed E-state index contributed by atoms with van der Waals surface area (Å²) in [6.07, 6.45) is 3.52. The molecule has 2 aromatic rings. The lowest BCUT2D eigenvalue weighted by atomic mass is 10.2. The minimum absolute atomic E-state index is 0.602. The largest absolute Gasteiger partial charge is 0.437 e. The first kappa shape index (κ1) is 14.5. The molecule has 0 saturated heterocycles. The predicted octanol–water partition coefficient (Wildman–Crippen LogP) is 3.32. The summed E-state index contributed by atoms with van der Waals surface area (Å²) >= 11 is 0. The fourth-order valence-corrected chi connectivity index (χ4v) is 1.81. The third kappa shape index (κ3) is 4.31. The monoisotopic (exact) mass is 271 g/mol. The Balaban J connectivity index is 2.01. The number of hydrogen-bond donors (Lipinski definition) is 1. The highest BCUT2D eigenvalue weighted by Crippen LogP contribution is 2.21. The van der Waals surface area contributed by atoms with Crippen LogP contribution in [0.1, 0.15) is 25.1 Å². The number of aryl methyl sites for hydroxylation is 1. The van der Waals surface area contributed by atoms with Crippen molar-refractivity contribution in [3.05, 3.63) is 47.9 Å². The first-order chi connectivity index (χ1) is 9.65. The van der Waals surface area contributed by atoms with Crippen LogP contribution in [0, 0.1) is 12.8 Å². The number of ether oxygens (including phenoxy) is 1. The van der Waals surface area contributed by atoms with Gasteiger partial charge in [0.25, 0.3) is 0 Å². The highest BCUT2D eigenvalue weighted by molar-refractivity contribution is 5.31. The van der Waals surface area contributed by atoms with Crippen molar-refractivity contribution in [1.29, 1.82) is 0 Å². The van der Waals surface area contributed by atoms with Crippen LogP contribution in [-0.2, 0) is 6.54 Å². The highest BCUT2D eigenvalue weighted by Gasteiger charge is 2.04. The molecule has 2 heterocycles. The zero-order valence-electron chi connectivity index (χ0n) is 12.3. The van der Waals surface area contributed by atoms with E-state index in [1.807, 2.05) is 31.2 Å². The summed E-state index contributed by atoms with van der Waals surface area (Å²) in [5, 5.41) is 3.41. The quantitative estimate of drug-likeness (QED) is 0.875. The molecule has 0 aliphatic carbocycles. The lowest BCUT2D eigenvalue weighted by Crippen LogP contribution is -2.18. The maximum absolute atomic E-state index is 5.78. The van der Waals surface area contributed by atoms with E-state index in [0.29, 0.717) is 11.8 Å². The molecule has 20 heavy (non-hydrogen) atoms. The van der Waals surface area contributed by atoms with Gasteiger partial charge in [-0.05, 0) is 43.1 Å². The zero-order valence-corrected chi connectivity index (χ0v) is 12.3. The van der Waals surface area contributed by atoms with E-state index in [1.54, 1.807) is 12.4 Å². The van der Waals surface area contributed by atoms with Crippen LogP contribution in [0.15, 0.2) is 36.7 Å². The van der Waals surface area contributed by atoms with E-state index in [9.17, 15) is 0 Å². The normalized spacial score (nSPS) is 10.8. The Labute approximate surface area is 120 Å². The average molecular weight is 271 g/mol. The van der Waals surface area contributed by atoms with E-state index in [0.717, 1.165) is 30.1 Å². The molecule has 4 nitrogen and oxygen atoms in total. The Morgan fingerprint density at radius 2 is 2.05 bits per heavy atom. The molecule has 0 spiro atoms. The molecular weight excluding hydrogens is 250 g/mol. The minimum atomic E-state index is 0.602. The van der Waals surface area contributed by atoms with E-state index in [1.165, 1.54) is 0 Å². The summed E-state index contributed by atoms with van der Waals surface area (Å²) in [7, 11) is 0. The second-order valence-corrected chi connectivity index (χ2v) is 5.22. The molecule has 106 valence electrons. The van der Waals surface area contributed by atoms with Gasteiger partial charge >= 0.3 is 0 Å². The summed E-state index contributed by atoms with van der Waals surface area (Å²) in [5.41, 5.74) is 2.02. The molecule has 0 radical (unpaired) electrons. The van der Waals surface area contributed by atoms with Crippen molar-refractivity contribution in [2.45, 2.75) is 27.3 Å². The number of nitrogens with zero attached hydrogens (tertiary/aromatic N) is 2. The second-order valence-electron chi connectivity index (χ2n) is 5.22. The van der Waals surface area contributed by atoms with Crippen molar-refractivity contribution in [3.63, 3.8) is 0 Å². The molecule has 1 N–H and O–H groups in total. The number of nitrogens with one attached hydrogen (secondary N) is 1. The topological polar surface area (TPSA) is 47.0 Å².